The third-order valence-corrected chi connectivity index (χ3v) is 2.13. The molecule has 0 aliphatic carbocycles. The lowest BCUT2D eigenvalue weighted by molar-refractivity contribution is -0.658. The molecule has 0 unspecified atom stereocenters. The standard InChI is InChI=1S/C8H7N3O4/c12-8(13)10-7-4-2-1-3-6(7)5-9(10)11(14)15/h1-4H,5H2,(H,12,13). The van der Waals surface area contributed by atoms with Gasteiger partial charge in [-0.1, -0.05) is 18.2 Å². The van der Waals surface area contributed by atoms with Crippen molar-refractivity contribution < 1.29 is 14.9 Å². The predicted octanol–water partition coefficient (Wildman–Crippen LogP) is 1.09. The van der Waals surface area contributed by atoms with Gasteiger partial charge in [0.25, 0.3) is 0 Å². The first-order valence-electron chi connectivity index (χ1n) is 4.14. The zero-order valence-electron chi connectivity index (χ0n) is 7.53. The monoisotopic (exact) mass is 209 g/mol. The zero-order chi connectivity index (χ0) is 11.0. The summed E-state index contributed by atoms with van der Waals surface area (Å²) in [5.41, 5.74) is 0.957. The Balaban J connectivity index is 2.46. The van der Waals surface area contributed by atoms with Gasteiger partial charge >= 0.3 is 6.09 Å². The van der Waals surface area contributed by atoms with Crippen molar-refractivity contribution in [1.29, 1.82) is 0 Å². The molecule has 1 N–H and O–H groups in total. The van der Waals surface area contributed by atoms with Gasteiger partial charge in [0, 0.05) is 5.56 Å². The Labute approximate surface area is 84.2 Å². The van der Waals surface area contributed by atoms with Gasteiger partial charge in [0.15, 0.2) is 5.03 Å². The summed E-state index contributed by atoms with van der Waals surface area (Å²) < 4.78 is 0. The Morgan fingerprint density at radius 1 is 1.47 bits per heavy atom. The maximum absolute atomic E-state index is 10.9. The normalized spacial score (nSPS) is 13.9. The highest BCUT2D eigenvalue weighted by Crippen LogP contribution is 2.30. The summed E-state index contributed by atoms with van der Waals surface area (Å²) in [5, 5.41) is 19.9. The number of para-hydroxylation sites is 1. The van der Waals surface area contributed by atoms with Gasteiger partial charge in [-0.05, 0) is 11.2 Å². The summed E-state index contributed by atoms with van der Waals surface area (Å²) in [6, 6.07) is 6.54. The van der Waals surface area contributed by atoms with E-state index in [1.807, 2.05) is 0 Å². The van der Waals surface area contributed by atoms with Crippen molar-refractivity contribution in [2.75, 3.05) is 5.01 Å². The van der Waals surface area contributed by atoms with Crippen LogP contribution in [0.5, 0.6) is 0 Å². The Morgan fingerprint density at radius 2 is 2.13 bits per heavy atom. The second kappa shape index (κ2) is 3.12. The van der Waals surface area contributed by atoms with Crippen molar-refractivity contribution in [3.63, 3.8) is 0 Å². The van der Waals surface area contributed by atoms with E-state index >= 15 is 0 Å². The Kier molecular flexibility index (Phi) is 1.93. The molecule has 0 fully saturated rings. The second-order valence-electron chi connectivity index (χ2n) is 2.99. The minimum Gasteiger partial charge on any atom is -0.463 e. The number of carbonyl (C=O) groups is 1. The number of hydrazine groups is 2. The average Bonchev–Trinajstić information content (AvgIpc) is 2.56. The van der Waals surface area contributed by atoms with Gasteiger partial charge in [-0.2, -0.15) is 0 Å². The molecule has 1 amide bonds. The molecule has 15 heavy (non-hydrogen) atoms. The summed E-state index contributed by atoms with van der Waals surface area (Å²) in [7, 11) is 0. The first kappa shape index (κ1) is 9.25. The van der Waals surface area contributed by atoms with E-state index in [1.54, 1.807) is 18.2 Å². The number of anilines is 1. The molecule has 1 aromatic carbocycles. The third kappa shape index (κ3) is 1.33. The molecule has 0 radical (unpaired) electrons. The number of hydrogen-bond donors (Lipinski definition) is 1. The molecule has 1 heterocycles. The van der Waals surface area contributed by atoms with Crippen LogP contribution < -0.4 is 5.01 Å². The van der Waals surface area contributed by atoms with Crippen LogP contribution in [0.15, 0.2) is 24.3 Å². The molecule has 78 valence electrons. The number of carboxylic acid groups (broad SMARTS) is 1. The van der Waals surface area contributed by atoms with Crippen LogP contribution in [0.2, 0.25) is 0 Å². The zero-order valence-corrected chi connectivity index (χ0v) is 7.53. The summed E-state index contributed by atoms with van der Waals surface area (Å²) in [6.07, 6.45) is -1.36. The van der Waals surface area contributed by atoms with Gasteiger partial charge in [-0.25, -0.2) is 14.9 Å². The van der Waals surface area contributed by atoms with Gasteiger partial charge < -0.3 is 5.11 Å². The average molecular weight is 209 g/mol. The fourth-order valence-corrected chi connectivity index (χ4v) is 1.53. The first-order chi connectivity index (χ1) is 7.11. The quantitative estimate of drug-likeness (QED) is 0.552. The maximum Gasteiger partial charge on any atom is 0.435 e. The van der Waals surface area contributed by atoms with Gasteiger partial charge in [-0.3, -0.25) is 0 Å². The number of nitrogens with zero attached hydrogens (tertiary/aromatic N) is 3. The van der Waals surface area contributed by atoms with Crippen LogP contribution in [0.3, 0.4) is 0 Å². The summed E-state index contributed by atoms with van der Waals surface area (Å²) in [5.74, 6) is 0. The number of rotatable bonds is 1. The Hall–Kier alpha value is -2.31. The molecule has 1 aromatic rings. The number of fused-ring (bicyclic) bond motifs is 1. The second-order valence-corrected chi connectivity index (χ2v) is 2.99. The third-order valence-electron chi connectivity index (χ3n) is 2.13. The molecule has 7 heteroatoms. The fourth-order valence-electron chi connectivity index (χ4n) is 1.53. The summed E-state index contributed by atoms with van der Waals surface area (Å²) in [4.78, 5) is 21.5. The van der Waals surface area contributed by atoms with E-state index in [0.717, 1.165) is 0 Å². The van der Waals surface area contributed by atoms with Crippen LogP contribution in [0.25, 0.3) is 0 Å². The van der Waals surface area contributed by atoms with Gasteiger partial charge in [-0.15, -0.1) is 5.01 Å². The minimum atomic E-state index is -1.36. The molecular formula is C8H7N3O4. The van der Waals surface area contributed by atoms with Crippen LogP contribution in [0, 0.1) is 10.1 Å². The first-order valence-corrected chi connectivity index (χ1v) is 4.14. The molecule has 0 atom stereocenters. The van der Waals surface area contributed by atoms with Crippen molar-refractivity contribution >= 4 is 11.8 Å². The highest BCUT2D eigenvalue weighted by Gasteiger charge is 2.38. The molecule has 1 aliphatic heterocycles. The molecule has 0 saturated heterocycles. The lowest BCUT2D eigenvalue weighted by Gasteiger charge is -2.17. The Bertz CT molecular complexity index is 434. The van der Waals surface area contributed by atoms with Crippen LogP contribution in [-0.4, -0.2) is 21.3 Å². The SMILES string of the molecule is O=C(O)N1c2ccccc2CN1[N+](=O)[O-]. The number of hydrogen-bond acceptors (Lipinski definition) is 3. The summed E-state index contributed by atoms with van der Waals surface area (Å²) in [6.45, 7) is -0.0323. The largest absolute Gasteiger partial charge is 0.463 e. The predicted molar refractivity (Wildman–Crippen MR) is 49.5 cm³/mol. The number of nitro groups is 1. The number of benzene rings is 1. The molecule has 2 rings (SSSR count). The van der Waals surface area contributed by atoms with E-state index in [1.165, 1.54) is 6.07 Å². The van der Waals surface area contributed by atoms with Crippen LogP contribution in [-0.2, 0) is 6.54 Å². The minimum absolute atomic E-state index is 0.0323. The van der Waals surface area contributed by atoms with Crippen molar-refractivity contribution in [3.05, 3.63) is 39.9 Å². The van der Waals surface area contributed by atoms with E-state index in [0.29, 0.717) is 21.4 Å². The Morgan fingerprint density at radius 3 is 2.73 bits per heavy atom. The molecule has 0 aromatic heterocycles. The lowest BCUT2D eigenvalue weighted by Crippen LogP contribution is -2.44. The molecule has 0 spiro atoms. The van der Waals surface area contributed by atoms with Crippen LogP contribution >= 0.6 is 0 Å². The molecule has 1 aliphatic rings. The molecule has 0 bridgehead atoms. The molecular weight excluding hydrogens is 202 g/mol. The highest BCUT2D eigenvalue weighted by atomic mass is 16.7. The van der Waals surface area contributed by atoms with Crippen molar-refractivity contribution in [2.24, 2.45) is 0 Å². The van der Waals surface area contributed by atoms with Gasteiger partial charge in [0.05, 0.1) is 5.69 Å². The van der Waals surface area contributed by atoms with E-state index in [2.05, 4.69) is 0 Å². The van der Waals surface area contributed by atoms with E-state index in [-0.39, 0.29) is 6.54 Å². The van der Waals surface area contributed by atoms with Gasteiger partial charge in [0.1, 0.15) is 6.54 Å². The lowest BCUT2D eigenvalue weighted by atomic mass is 10.2. The van der Waals surface area contributed by atoms with Crippen molar-refractivity contribution in [3.8, 4) is 0 Å². The van der Waals surface area contributed by atoms with E-state index in [4.69, 9.17) is 5.11 Å². The fraction of sp³-hybridized carbons (Fsp3) is 0.125. The van der Waals surface area contributed by atoms with Crippen LogP contribution in [0.4, 0.5) is 10.5 Å². The van der Waals surface area contributed by atoms with E-state index in [9.17, 15) is 14.9 Å². The van der Waals surface area contributed by atoms with Crippen LogP contribution in [0.1, 0.15) is 5.56 Å². The maximum atomic E-state index is 10.9. The van der Waals surface area contributed by atoms with E-state index < -0.39 is 11.1 Å². The van der Waals surface area contributed by atoms with Crippen molar-refractivity contribution in [1.82, 2.24) is 5.12 Å². The van der Waals surface area contributed by atoms with Crippen molar-refractivity contribution in [2.45, 2.75) is 6.54 Å². The highest BCUT2D eigenvalue weighted by molar-refractivity contribution is 5.87. The molecule has 0 saturated carbocycles. The smallest absolute Gasteiger partial charge is 0.435 e. The topological polar surface area (TPSA) is 86.9 Å². The molecule has 7 nitrogen and oxygen atoms in total. The summed E-state index contributed by atoms with van der Waals surface area (Å²) >= 11 is 0. The number of amides is 1. The van der Waals surface area contributed by atoms with Gasteiger partial charge in [0.2, 0.25) is 0 Å².